The molecule has 2 heterocycles. The van der Waals surface area contributed by atoms with Crippen LogP contribution in [0.5, 0.6) is 5.75 Å². The molecule has 1 aliphatic heterocycles. The highest BCUT2D eigenvalue weighted by molar-refractivity contribution is 7.99. The minimum Gasteiger partial charge on any atom is -0.491 e. The smallest absolute Gasteiger partial charge is 0.259 e. The lowest BCUT2D eigenvalue weighted by Crippen LogP contribution is -2.26. The van der Waals surface area contributed by atoms with Gasteiger partial charge in [-0.2, -0.15) is 0 Å². The highest BCUT2D eigenvalue weighted by Gasteiger charge is 2.26. The topological polar surface area (TPSA) is 71.5 Å². The predicted molar refractivity (Wildman–Crippen MR) is 118 cm³/mol. The second-order valence-electron chi connectivity index (χ2n) is 7.15. The number of fused-ring (bicyclic) bond motifs is 2. The first-order chi connectivity index (χ1) is 14.4. The van der Waals surface area contributed by atoms with Gasteiger partial charge in [0.1, 0.15) is 10.8 Å². The lowest BCUT2D eigenvalue weighted by molar-refractivity contribution is 0.0987. The molecular formula is C23H21N3O3S. The van der Waals surface area contributed by atoms with E-state index in [0.717, 1.165) is 15.6 Å². The molecule has 0 atom stereocenters. The molecule has 7 heteroatoms. The van der Waals surface area contributed by atoms with Crippen LogP contribution in [0.1, 0.15) is 34.6 Å². The summed E-state index contributed by atoms with van der Waals surface area (Å²) in [6.07, 6.45) is 1.78. The molecule has 30 heavy (non-hydrogen) atoms. The Balaban J connectivity index is 1.56. The maximum atomic E-state index is 13.0. The Morgan fingerprint density at radius 1 is 1.13 bits per heavy atom. The Morgan fingerprint density at radius 3 is 2.63 bits per heavy atom. The second-order valence-corrected chi connectivity index (χ2v) is 8.18. The molecule has 1 N–H and O–H groups in total. The fraction of sp³-hybridized carbons (Fsp3) is 0.174. The number of benzene rings is 2. The number of nitrogens with one attached hydrogen (secondary N) is 1. The van der Waals surface area contributed by atoms with E-state index in [1.165, 1.54) is 11.8 Å². The van der Waals surface area contributed by atoms with Crippen LogP contribution >= 0.6 is 11.8 Å². The molecule has 2 amide bonds. The molecule has 152 valence electrons. The summed E-state index contributed by atoms with van der Waals surface area (Å²) in [4.78, 5) is 32.4. The van der Waals surface area contributed by atoms with E-state index in [4.69, 9.17) is 4.74 Å². The van der Waals surface area contributed by atoms with E-state index in [9.17, 15) is 9.59 Å². The molecule has 1 aliphatic rings. The Hall–Kier alpha value is -3.32. The normalized spacial score (nSPS) is 12.8. The number of hydrogen-bond acceptors (Lipinski definition) is 5. The van der Waals surface area contributed by atoms with Crippen molar-refractivity contribution in [3.8, 4) is 5.75 Å². The third kappa shape index (κ3) is 4.02. The summed E-state index contributed by atoms with van der Waals surface area (Å²) < 4.78 is 5.61. The molecule has 3 aromatic rings. The van der Waals surface area contributed by atoms with Gasteiger partial charge in [0, 0.05) is 29.4 Å². The van der Waals surface area contributed by atoms with E-state index in [2.05, 4.69) is 10.3 Å². The van der Waals surface area contributed by atoms with Crippen molar-refractivity contribution < 1.29 is 14.3 Å². The molecule has 0 radical (unpaired) electrons. The van der Waals surface area contributed by atoms with Crippen molar-refractivity contribution in [2.45, 2.75) is 29.9 Å². The summed E-state index contributed by atoms with van der Waals surface area (Å²) in [6, 6.07) is 16.0. The van der Waals surface area contributed by atoms with Crippen molar-refractivity contribution in [1.29, 1.82) is 0 Å². The largest absolute Gasteiger partial charge is 0.491 e. The van der Waals surface area contributed by atoms with Crippen LogP contribution in [-0.2, 0) is 0 Å². The fourth-order valence-corrected chi connectivity index (χ4v) is 4.16. The summed E-state index contributed by atoms with van der Waals surface area (Å²) in [5.74, 6) is 0.319. The van der Waals surface area contributed by atoms with Gasteiger partial charge >= 0.3 is 0 Å². The molecule has 0 saturated heterocycles. The van der Waals surface area contributed by atoms with Gasteiger partial charge in [-0.15, -0.1) is 0 Å². The van der Waals surface area contributed by atoms with E-state index in [0.29, 0.717) is 22.6 Å². The summed E-state index contributed by atoms with van der Waals surface area (Å²) >= 11 is 1.44. The summed E-state index contributed by atoms with van der Waals surface area (Å²) in [5.41, 5.74) is 2.36. The number of pyridine rings is 1. The minimum atomic E-state index is -0.252. The Morgan fingerprint density at radius 2 is 1.90 bits per heavy atom. The molecule has 0 saturated carbocycles. The Kier molecular flexibility index (Phi) is 5.46. The first-order valence-electron chi connectivity index (χ1n) is 9.55. The van der Waals surface area contributed by atoms with Gasteiger partial charge in [0.05, 0.1) is 17.4 Å². The average molecular weight is 420 g/mol. The van der Waals surface area contributed by atoms with E-state index < -0.39 is 0 Å². The number of rotatable bonds is 4. The van der Waals surface area contributed by atoms with Crippen LogP contribution in [0.4, 0.5) is 11.4 Å². The second kappa shape index (κ2) is 8.20. The van der Waals surface area contributed by atoms with Crippen molar-refractivity contribution in [2.24, 2.45) is 0 Å². The number of aromatic nitrogens is 1. The molecule has 0 fully saturated rings. The van der Waals surface area contributed by atoms with E-state index in [-0.39, 0.29) is 17.9 Å². The molecule has 4 rings (SSSR count). The first-order valence-corrected chi connectivity index (χ1v) is 10.4. The van der Waals surface area contributed by atoms with Crippen molar-refractivity contribution in [2.75, 3.05) is 17.3 Å². The molecular weight excluding hydrogens is 398 g/mol. The van der Waals surface area contributed by atoms with E-state index in [1.54, 1.807) is 54.5 Å². The van der Waals surface area contributed by atoms with Crippen LogP contribution in [0.25, 0.3) is 0 Å². The maximum Gasteiger partial charge on any atom is 0.259 e. The van der Waals surface area contributed by atoms with Crippen LogP contribution in [0.2, 0.25) is 0 Å². The molecule has 0 aliphatic carbocycles. The van der Waals surface area contributed by atoms with Gasteiger partial charge in [-0.25, -0.2) is 4.98 Å². The van der Waals surface area contributed by atoms with Crippen molar-refractivity contribution in [1.82, 2.24) is 4.98 Å². The number of amides is 2. The number of ether oxygens (including phenoxy) is 1. The monoisotopic (exact) mass is 419 g/mol. The zero-order valence-corrected chi connectivity index (χ0v) is 17.7. The molecule has 0 unspecified atom stereocenters. The van der Waals surface area contributed by atoms with Crippen LogP contribution in [0.3, 0.4) is 0 Å². The number of carbonyl (C=O) groups excluding carboxylic acids is 2. The van der Waals surface area contributed by atoms with Gasteiger partial charge in [0.15, 0.2) is 0 Å². The van der Waals surface area contributed by atoms with Gasteiger partial charge in [-0.05, 0) is 68.4 Å². The van der Waals surface area contributed by atoms with Gasteiger partial charge < -0.3 is 15.0 Å². The van der Waals surface area contributed by atoms with Gasteiger partial charge in [-0.3, -0.25) is 9.59 Å². The standard InChI is InChI=1S/C23H21N3O3S/c1-14(2)29-17-9-6-15(7-10-17)21(27)25-16-8-11-20-18(13-16)23(28)26(3)19-5-4-12-24-22(19)30-20/h4-14H,1-3H3,(H,25,27). The third-order valence-corrected chi connectivity index (χ3v) is 5.66. The Labute approximate surface area is 179 Å². The van der Waals surface area contributed by atoms with Gasteiger partial charge in [0.25, 0.3) is 11.8 Å². The SMILES string of the molecule is CC(C)Oc1ccc(C(=O)Nc2ccc3c(c2)C(=O)N(C)c2cccnc2S3)cc1. The molecule has 0 bridgehead atoms. The first kappa shape index (κ1) is 20.0. The van der Waals surface area contributed by atoms with Crippen LogP contribution < -0.4 is 15.0 Å². The van der Waals surface area contributed by atoms with Crippen molar-refractivity contribution in [3.05, 3.63) is 71.9 Å². The van der Waals surface area contributed by atoms with E-state index in [1.807, 2.05) is 32.0 Å². The van der Waals surface area contributed by atoms with Crippen LogP contribution in [-0.4, -0.2) is 29.9 Å². The highest BCUT2D eigenvalue weighted by atomic mass is 32.2. The lowest BCUT2D eigenvalue weighted by Gasteiger charge is -2.16. The molecule has 1 aromatic heterocycles. The van der Waals surface area contributed by atoms with E-state index >= 15 is 0 Å². The highest BCUT2D eigenvalue weighted by Crippen LogP contribution is 2.40. The summed E-state index contributed by atoms with van der Waals surface area (Å²) in [7, 11) is 1.73. The fourth-order valence-electron chi connectivity index (χ4n) is 3.13. The lowest BCUT2D eigenvalue weighted by atomic mass is 10.1. The number of anilines is 2. The maximum absolute atomic E-state index is 13.0. The van der Waals surface area contributed by atoms with Gasteiger partial charge in [0.2, 0.25) is 0 Å². The third-order valence-electron chi connectivity index (χ3n) is 4.58. The van der Waals surface area contributed by atoms with Crippen molar-refractivity contribution >= 4 is 35.0 Å². The summed E-state index contributed by atoms with van der Waals surface area (Å²) in [5, 5.41) is 3.64. The zero-order valence-electron chi connectivity index (χ0n) is 16.9. The zero-order chi connectivity index (χ0) is 21.3. The van der Waals surface area contributed by atoms with Crippen LogP contribution in [0, 0.1) is 0 Å². The number of carbonyl (C=O) groups is 2. The van der Waals surface area contributed by atoms with Crippen LogP contribution in [0.15, 0.2) is 70.7 Å². The number of nitrogens with zero attached hydrogens (tertiary/aromatic N) is 2. The van der Waals surface area contributed by atoms with Gasteiger partial charge in [-0.1, -0.05) is 11.8 Å². The molecule has 0 spiro atoms. The number of hydrogen-bond donors (Lipinski definition) is 1. The molecule has 2 aromatic carbocycles. The molecule has 6 nitrogen and oxygen atoms in total. The summed E-state index contributed by atoms with van der Waals surface area (Å²) in [6.45, 7) is 3.90. The minimum absolute atomic E-state index is 0.0686. The average Bonchev–Trinajstić information content (AvgIpc) is 2.83. The predicted octanol–water partition coefficient (Wildman–Crippen LogP) is 4.86. The Bertz CT molecular complexity index is 1110. The quantitative estimate of drug-likeness (QED) is 0.654. The van der Waals surface area contributed by atoms with Crippen molar-refractivity contribution in [3.63, 3.8) is 0 Å².